The Bertz CT molecular complexity index is 457. The van der Waals surface area contributed by atoms with Crippen molar-refractivity contribution in [2.45, 2.75) is 27.2 Å². The van der Waals surface area contributed by atoms with Crippen LogP contribution < -0.4 is 0 Å². The lowest BCUT2D eigenvalue weighted by Gasteiger charge is -2.21. The Labute approximate surface area is 113 Å². The molecule has 4 heteroatoms. The van der Waals surface area contributed by atoms with E-state index in [2.05, 4.69) is 11.6 Å². The van der Waals surface area contributed by atoms with Crippen LogP contribution >= 0.6 is 11.6 Å². The zero-order valence-corrected chi connectivity index (χ0v) is 11.9. The molecule has 0 bridgehead atoms. The number of likely N-dealkylation sites (N-methyl/N-ethyl adjacent to an activating group) is 1. The van der Waals surface area contributed by atoms with Gasteiger partial charge < -0.3 is 4.90 Å². The Balaban J connectivity index is 3.01. The van der Waals surface area contributed by atoms with E-state index in [1.807, 2.05) is 20.8 Å². The molecule has 1 aromatic heterocycles. The van der Waals surface area contributed by atoms with Crippen molar-refractivity contribution in [1.82, 2.24) is 9.88 Å². The Hall–Kier alpha value is -1.35. The second kappa shape index (κ2) is 6.55. The number of carbonyl (C=O) groups excluding carboxylic acids is 1. The van der Waals surface area contributed by atoms with Gasteiger partial charge in [0, 0.05) is 24.3 Å². The quantitative estimate of drug-likeness (QED) is 0.605. The molecular weight excluding hydrogens is 248 g/mol. The van der Waals surface area contributed by atoms with Gasteiger partial charge in [0.05, 0.1) is 0 Å². The molecule has 0 aliphatic carbocycles. The van der Waals surface area contributed by atoms with Crippen molar-refractivity contribution in [3.63, 3.8) is 0 Å². The van der Waals surface area contributed by atoms with Gasteiger partial charge in [-0.15, -0.1) is 0 Å². The van der Waals surface area contributed by atoms with Crippen molar-refractivity contribution in [3.05, 3.63) is 40.7 Å². The van der Waals surface area contributed by atoms with E-state index in [4.69, 9.17) is 11.6 Å². The summed E-state index contributed by atoms with van der Waals surface area (Å²) in [5.74, 6) is -0.0282. The van der Waals surface area contributed by atoms with E-state index >= 15 is 0 Å². The smallest absolute Gasteiger partial charge is 0.254 e. The van der Waals surface area contributed by atoms with Gasteiger partial charge in [0.25, 0.3) is 5.91 Å². The molecule has 0 saturated heterocycles. The second-order valence-corrected chi connectivity index (χ2v) is 4.69. The van der Waals surface area contributed by atoms with Crippen LogP contribution in [0.1, 0.15) is 36.8 Å². The average Bonchev–Trinajstić information content (AvgIpc) is 2.34. The van der Waals surface area contributed by atoms with E-state index in [0.717, 1.165) is 17.7 Å². The summed E-state index contributed by atoms with van der Waals surface area (Å²) in [5, 5.41) is 0.365. The van der Waals surface area contributed by atoms with Crippen molar-refractivity contribution in [1.29, 1.82) is 0 Å². The molecule has 3 nitrogen and oxygen atoms in total. The molecule has 0 aromatic carbocycles. The maximum Gasteiger partial charge on any atom is 0.254 e. The maximum absolute atomic E-state index is 12.3. The molecule has 0 N–H and O–H groups in total. The monoisotopic (exact) mass is 266 g/mol. The van der Waals surface area contributed by atoms with Crippen LogP contribution in [-0.2, 0) is 6.42 Å². The molecule has 0 aliphatic heterocycles. The lowest BCUT2D eigenvalue weighted by Crippen LogP contribution is -2.32. The van der Waals surface area contributed by atoms with Crippen LogP contribution in [0.3, 0.4) is 0 Å². The Morgan fingerprint density at radius 3 is 2.61 bits per heavy atom. The van der Waals surface area contributed by atoms with Gasteiger partial charge >= 0.3 is 0 Å². The molecule has 1 aromatic rings. The molecule has 0 unspecified atom stereocenters. The van der Waals surface area contributed by atoms with Crippen molar-refractivity contribution in [2.24, 2.45) is 0 Å². The highest BCUT2D eigenvalue weighted by atomic mass is 35.5. The molecule has 98 valence electrons. The number of hydrogen-bond acceptors (Lipinski definition) is 2. The van der Waals surface area contributed by atoms with Gasteiger partial charge in [0.2, 0.25) is 0 Å². The third-order valence-corrected chi connectivity index (χ3v) is 2.78. The van der Waals surface area contributed by atoms with Gasteiger partial charge in [-0.25, -0.2) is 4.98 Å². The summed E-state index contributed by atoms with van der Waals surface area (Å²) >= 11 is 5.93. The lowest BCUT2D eigenvalue weighted by atomic mass is 10.1. The highest BCUT2D eigenvalue weighted by Gasteiger charge is 2.15. The molecule has 1 rings (SSSR count). The summed E-state index contributed by atoms with van der Waals surface area (Å²) in [4.78, 5) is 18.2. The molecule has 0 saturated carbocycles. The Kier molecular flexibility index (Phi) is 5.35. The van der Waals surface area contributed by atoms with Crippen LogP contribution in [0.25, 0.3) is 0 Å². The number of nitrogens with zero attached hydrogens (tertiary/aromatic N) is 2. The Morgan fingerprint density at radius 2 is 2.11 bits per heavy atom. The fourth-order valence-corrected chi connectivity index (χ4v) is 1.92. The number of rotatable bonds is 5. The van der Waals surface area contributed by atoms with Crippen molar-refractivity contribution < 1.29 is 4.79 Å². The average molecular weight is 267 g/mol. The highest BCUT2D eigenvalue weighted by molar-refractivity contribution is 6.29. The topological polar surface area (TPSA) is 33.2 Å². The van der Waals surface area contributed by atoms with E-state index in [0.29, 0.717) is 23.8 Å². The molecule has 0 spiro atoms. The second-order valence-electron chi connectivity index (χ2n) is 4.30. The van der Waals surface area contributed by atoms with Gasteiger partial charge in [0.15, 0.2) is 0 Å². The zero-order valence-electron chi connectivity index (χ0n) is 11.2. The zero-order chi connectivity index (χ0) is 13.7. The number of aromatic nitrogens is 1. The SMILES string of the molecule is C=C(C)CN(CC)C(=O)c1cc(Cl)nc(CC)c1. The lowest BCUT2D eigenvalue weighted by molar-refractivity contribution is 0.0778. The Morgan fingerprint density at radius 1 is 1.44 bits per heavy atom. The summed E-state index contributed by atoms with van der Waals surface area (Å²) in [6.45, 7) is 10.9. The first-order valence-electron chi connectivity index (χ1n) is 6.08. The van der Waals surface area contributed by atoms with E-state index in [1.54, 1.807) is 17.0 Å². The molecule has 0 fully saturated rings. The molecule has 0 atom stereocenters. The number of pyridine rings is 1. The normalized spacial score (nSPS) is 10.2. The number of amides is 1. The van der Waals surface area contributed by atoms with Gasteiger partial charge in [-0.1, -0.05) is 30.7 Å². The minimum Gasteiger partial charge on any atom is -0.335 e. The predicted octanol–water partition coefficient (Wildman–Crippen LogP) is 3.34. The van der Waals surface area contributed by atoms with Crippen molar-refractivity contribution >= 4 is 17.5 Å². The summed E-state index contributed by atoms with van der Waals surface area (Å²) < 4.78 is 0. The maximum atomic E-state index is 12.3. The minimum absolute atomic E-state index is 0.0282. The summed E-state index contributed by atoms with van der Waals surface area (Å²) in [6.07, 6.45) is 0.757. The van der Waals surface area contributed by atoms with Crippen molar-refractivity contribution in [3.8, 4) is 0 Å². The van der Waals surface area contributed by atoms with Gasteiger partial charge in [-0.2, -0.15) is 0 Å². The van der Waals surface area contributed by atoms with Crippen LogP contribution in [0, 0.1) is 0 Å². The molecule has 1 heterocycles. The van der Waals surface area contributed by atoms with Crippen LogP contribution in [0.4, 0.5) is 0 Å². The summed E-state index contributed by atoms with van der Waals surface area (Å²) in [5.41, 5.74) is 2.38. The standard InChI is InChI=1S/C14H19ClN2O/c1-5-12-7-11(8-13(15)16-12)14(18)17(6-2)9-10(3)4/h7-8H,3,5-6,9H2,1-2,4H3. The molecular formula is C14H19ClN2O. The summed E-state index contributed by atoms with van der Waals surface area (Å²) in [6, 6.07) is 3.42. The first-order valence-corrected chi connectivity index (χ1v) is 6.45. The number of halogens is 1. The van der Waals surface area contributed by atoms with Gasteiger partial charge in [0.1, 0.15) is 5.15 Å². The van der Waals surface area contributed by atoms with Crippen LogP contribution in [0.5, 0.6) is 0 Å². The van der Waals surface area contributed by atoms with E-state index in [1.165, 1.54) is 0 Å². The third-order valence-electron chi connectivity index (χ3n) is 2.59. The molecule has 18 heavy (non-hydrogen) atoms. The molecule has 0 radical (unpaired) electrons. The first-order chi connectivity index (χ1) is 8.47. The third kappa shape index (κ3) is 3.84. The molecule has 0 aliphatic rings. The van der Waals surface area contributed by atoms with Gasteiger partial charge in [-0.05, 0) is 32.4 Å². The van der Waals surface area contributed by atoms with E-state index < -0.39 is 0 Å². The number of hydrogen-bond donors (Lipinski definition) is 0. The summed E-state index contributed by atoms with van der Waals surface area (Å²) in [7, 11) is 0. The molecule has 1 amide bonds. The first kappa shape index (κ1) is 14.7. The van der Waals surface area contributed by atoms with Crippen molar-refractivity contribution in [2.75, 3.05) is 13.1 Å². The van der Waals surface area contributed by atoms with E-state index in [9.17, 15) is 4.79 Å². The fraction of sp³-hybridized carbons (Fsp3) is 0.429. The number of aryl methyl sites for hydroxylation is 1. The van der Waals surface area contributed by atoms with Crippen LogP contribution in [-0.4, -0.2) is 28.9 Å². The van der Waals surface area contributed by atoms with Crippen LogP contribution in [0.15, 0.2) is 24.3 Å². The predicted molar refractivity (Wildman–Crippen MR) is 75.0 cm³/mol. The largest absolute Gasteiger partial charge is 0.335 e. The fourth-order valence-electron chi connectivity index (χ4n) is 1.69. The number of carbonyl (C=O) groups is 1. The van der Waals surface area contributed by atoms with E-state index in [-0.39, 0.29) is 5.91 Å². The van der Waals surface area contributed by atoms with Crippen LogP contribution in [0.2, 0.25) is 5.15 Å². The minimum atomic E-state index is -0.0282. The van der Waals surface area contributed by atoms with Gasteiger partial charge in [-0.3, -0.25) is 4.79 Å². The highest BCUT2D eigenvalue weighted by Crippen LogP contribution is 2.14.